The first-order valence-corrected chi connectivity index (χ1v) is 7.30. The molecule has 1 unspecified atom stereocenters. The molecule has 3 N–H and O–H groups in total. The van der Waals surface area contributed by atoms with E-state index in [0.29, 0.717) is 25.9 Å². The Hall–Kier alpha value is -1.40. The molecular formula is C13H19N3O2S. The zero-order chi connectivity index (χ0) is 13.8. The molecule has 0 radical (unpaired) electrons. The molecule has 1 saturated heterocycles. The van der Waals surface area contributed by atoms with E-state index in [1.807, 2.05) is 17.5 Å². The third-order valence-corrected chi connectivity index (χ3v) is 4.49. The van der Waals surface area contributed by atoms with Crippen LogP contribution in [-0.2, 0) is 9.59 Å². The zero-order valence-corrected chi connectivity index (χ0v) is 11.8. The van der Waals surface area contributed by atoms with Crippen molar-refractivity contribution in [2.24, 2.45) is 11.7 Å². The Kier molecular flexibility index (Phi) is 4.55. The first-order chi connectivity index (χ1) is 9.13. The molecule has 1 aromatic rings. The van der Waals surface area contributed by atoms with Crippen molar-refractivity contribution in [3.63, 3.8) is 0 Å². The maximum atomic E-state index is 12.2. The maximum Gasteiger partial charge on any atom is 0.244 e. The Bertz CT molecular complexity index is 439. The summed E-state index contributed by atoms with van der Waals surface area (Å²) >= 11 is 1.50. The van der Waals surface area contributed by atoms with Crippen LogP contribution in [0.15, 0.2) is 17.5 Å². The average molecular weight is 281 g/mol. The van der Waals surface area contributed by atoms with Crippen LogP contribution < -0.4 is 11.1 Å². The van der Waals surface area contributed by atoms with Crippen LogP contribution in [0.2, 0.25) is 0 Å². The van der Waals surface area contributed by atoms with Crippen molar-refractivity contribution in [2.75, 3.05) is 20.1 Å². The lowest BCUT2D eigenvalue weighted by molar-refractivity contribution is -0.136. The number of nitrogens with one attached hydrogen (secondary N) is 1. The summed E-state index contributed by atoms with van der Waals surface area (Å²) in [6, 6.07) is 3.20. The minimum atomic E-state index is -0.573. The van der Waals surface area contributed by atoms with E-state index in [9.17, 15) is 9.59 Å². The first kappa shape index (κ1) is 14.0. The number of carbonyl (C=O) groups is 2. The second-order valence-corrected chi connectivity index (χ2v) is 5.69. The predicted molar refractivity (Wildman–Crippen MR) is 74.6 cm³/mol. The molecule has 0 spiro atoms. The third kappa shape index (κ3) is 3.13. The number of nitrogens with zero attached hydrogens (tertiary/aromatic N) is 1. The molecule has 5 nitrogen and oxygen atoms in total. The quantitative estimate of drug-likeness (QED) is 0.857. The lowest BCUT2D eigenvalue weighted by Gasteiger charge is -2.32. The van der Waals surface area contributed by atoms with Gasteiger partial charge >= 0.3 is 0 Å². The second-order valence-electron chi connectivity index (χ2n) is 4.71. The molecule has 0 aromatic carbocycles. The predicted octanol–water partition coefficient (Wildman–Crippen LogP) is 0.733. The van der Waals surface area contributed by atoms with Crippen LogP contribution >= 0.6 is 11.3 Å². The van der Waals surface area contributed by atoms with E-state index < -0.39 is 6.04 Å². The van der Waals surface area contributed by atoms with Crippen LogP contribution in [0.3, 0.4) is 0 Å². The van der Waals surface area contributed by atoms with Crippen LogP contribution in [0.1, 0.15) is 23.8 Å². The Balaban J connectivity index is 1.91. The van der Waals surface area contributed by atoms with Gasteiger partial charge in [0.1, 0.15) is 6.04 Å². The number of carbonyl (C=O) groups excluding carboxylic acids is 2. The normalized spacial score (nSPS) is 18.1. The number of hydrogen-bond donors (Lipinski definition) is 2. The fourth-order valence-corrected chi connectivity index (χ4v) is 3.07. The highest BCUT2D eigenvalue weighted by Gasteiger charge is 2.29. The molecule has 1 aliphatic rings. The number of amides is 2. The number of rotatable bonds is 3. The van der Waals surface area contributed by atoms with Gasteiger partial charge in [-0.15, -0.1) is 11.3 Å². The van der Waals surface area contributed by atoms with E-state index in [1.54, 1.807) is 11.9 Å². The number of hydrogen-bond acceptors (Lipinski definition) is 4. The minimum absolute atomic E-state index is 0.0204. The van der Waals surface area contributed by atoms with Crippen LogP contribution in [0, 0.1) is 5.92 Å². The summed E-state index contributed by atoms with van der Waals surface area (Å²) in [6.07, 6.45) is 1.42. The van der Waals surface area contributed by atoms with Gasteiger partial charge in [0.05, 0.1) is 0 Å². The Morgan fingerprint density at radius 1 is 1.47 bits per heavy atom. The van der Waals surface area contributed by atoms with Gasteiger partial charge in [0, 0.05) is 30.9 Å². The Labute approximate surface area is 116 Å². The van der Waals surface area contributed by atoms with Crippen molar-refractivity contribution in [2.45, 2.75) is 18.9 Å². The monoisotopic (exact) mass is 281 g/mol. The van der Waals surface area contributed by atoms with E-state index in [-0.39, 0.29) is 17.7 Å². The molecule has 104 valence electrons. The van der Waals surface area contributed by atoms with Gasteiger partial charge in [-0.25, -0.2) is 0 Å². The van der Waals surface area contributed by atoms with E-state index >= 15 is 0 Å². The number of likely N-dealkylation sites (tertiary alicyclic amines) is 1. The molecule has 2 heterocycles. The van der Waals surface area contributed by atoms with Gasteiger partial charge in [-0.1, -0.05) is 6.07 Å². The molecular weight excluding hydrogens is 262 g/mol. The van der Waals surface area contributed by atoms with Gasteiger partial charge in [-0.05, 0) is 24.3 Å². The van der Waals surface area contributed by atoms with Gasteiger partial charge in [0.2, 0.25) is 11.8 Å². The Morgan fingerprint density at radius 2 is 2.16 bits per heavy atom. The van der Waals surface area contributed by atoms with Gasteiger partial charge in [-0.2, -0.15) is 0 Å². The largest absolute Gasteiger partial charge is 0.359 e. The van der Waals surface area contributed by atoms with E-state index in [4.69, 9.17) is 5.73 Å². The second kappa shape index (κ2) is 6.16. The highest BCUT2D eigenvalue weighted by molar-refractivity contribution is 7.10. The van der Waals surface area contributed by atoms with Crippen molar-refractivity contribution in [3.05, 3.63) is 22.4 Å². The van der Waals surface area contributed by atoms with Crippen molar-refractivity contribution in [1.82, 2.24) is 10.2 Å². The fraction of sp³-hybridized carbons (Fsp3) is 0.538. The van der Waals surface area contributed by atoms with Crippen LogP contribution in [0.5, 0.6) is 0 Å². The third-order valence-electron chi connectivity index (χ3n) is 3.54. The standard InChI is InChI=1S/C13H19N3O2S/c1-15-12(17)9-4-6-16(7-5-9)13(18)11(14)10-3-2-8-19-10/h2-3,8-9,11H,4-7,14H2,1H3,(H,15,17). The number of thiophene rings is 1. The van der Waals surface area contributed by atoms with Crippen molar-refractivity contribution in [3.8, 4) is 0 Å². The average Bonchev–Trinajstić information content (AvgIpc) is 2.99. The van der Waals surface area contributed by atoms with Gasteiger partial charge in [0.15, 0.2) is 0 Å². The number of nitrogens with two attached hydrogens (primary N) is 1. The summed E-state index contributed by atoms with van der Waals surface area (Å²) in [5.41, 5.74) is 5.97. The van der Waals surface area contributed by atoms with E-state index in [1.165, 1.54) is 11.3 Å². The van der Waals surface area contributed by atoms with Crippen molar-refractivity contribution < 1.29 is 9.59 Å². The number of piperidine rings is 1. The summed E-state index contributed by atoms with van der Waals surface area (Å²) in [4.78, 5) is 26.4. The summed E-state index contributed by atoms with van der Waals surface area (Å²) in [5.74, 6) is 0.0412. The van der Waals surface area contributed by atoms with Gasteiger partial charge < -0.3 is 16.0 Å². The van der Waals surface area contributed by atoms with Gasteiger partial charge in [0.25, 0.3) is 0 Å². The summed E-state index contributed by atoms with van der Waals surface area (Å²) < 4.78 is 0. The summed E-state index contributed by atoms with van der Waals surface area (Å²) in [7, 11) is 1.65. The van der Waals surface area contributed by atoms with Crippen molar-refractivity contribution >= 4 is 23.2 Å². The van der Waals surface area contributed by atoms with E-state index in [2.05, 4.69) is 5.32 Å². The molecule has 1 fully saturated rings. The summed E-state index contributed by atoms with van der Waals surface area (Å²) in [5, 5.41) is 4.58. The van der Waals surface area contributed by atoms with Crippen LogP contribution in [0.25, 0.3) is 0 Å². The SMILES string of the molecule is CNC(=O)C1CCN(C(=O)C(N)c2cccs2)CC1. The molecule has 1 aliphatic heterocycles. The first-order valence-electron chi connectivity index (χ1n) is 6.43. The molecule has 0 aliphatic carbocycles. The molecule has 0 bridgehead atoms. The molecule has 1 aromatic heterocycles. The minimum Gasteiger partial charge on any atom is -0.359 e. The lowest BCUT2D eigenvalue weighted by atomic mass is 9.95. The van der Waals surface area contributed by atoms with Crippen LogP contribution in [-0.4, -0.2) is 36.9 Å². The topological polar surface area (TPSA) is 75.4 Å². The molecule has 2 rings (SSSR count). The summed E-state index contributed by atoms with van der Waals surface area (Å²) in [6.45, 7) is 1.21. The fourth-order valence-electron chi connectivity index (χ4n) is 2.35. The smallest absolute Gasteiger partial charge is 0.244 e. The molecule has 2 amide bonds. The highest BCUT2D eigenvalue weighted by atomic mass is 32.1. The molecule has 19 heavy (non-hydrogen) atoms. The van der Waals surface area contributed by atoms with Gasteiger partial charge in [-0.3, -0.25) is 9.59 Å². The van der Waals surface area contributed by atoms with E-state index in [0.717, 1.165) is 4.88 Å². The van der Waals surface area contributed by atoms with Crippen molar-refractivity contribution in [1.29, 1.82) is 0 Å². The molecule has 1 atom stereocenters. The zero-order valence-electron chi connectivity index (χ0n) is 11.0. The molecule has 0 saturated carbocycles. The highest BCUT2D eigenvalue weighted by Crippen LogP contribution is 2.23. The Morgan fingerprint density at radius 3 is 2.68 bits per heavy atom. The maximum absolute atomic E-state index is 12.2. The molecule has 6 heteroatoms. The lowest BCUT2D eigenvalue weighted by Crippen LogP contribution is -2.45. The van der Waals surface area contributed by atoms with Crippen LogP contribution in [0.4, 0.5) is 0 Å².